The summed E-state index contributed by atoms with van der Waals surface area (Å²) >= 11 is 0. The van der Waals surface area contributed by atoms with E-state index in [-0.39, 0.29) is 24.0 Å². The van der Waals surface area contributed by atoms with E-state index in [0.717, 1.165) is 6.42 Å². The maximum absolute atomic E-state index is 2.22. The second kappa shape index (κ2) is 4.70. The largest absolute Gasteiger partial charge is 1.00 e. The van der Waals surface area contributed by atoms with E-state index in [2.05, 4.69) is 43.8 Å². The molecule has 0 bridgehead atoms. The average Bonchev–Trinajstić information content (AvgIpc) is 1.94. The van der Waals surface area contributed by atoms with Crippen LogP contribution in [0.25, 0.3) is 0 Å². The number of aryl methyl sites for hydroxylation is 3. The molecule has 0 aromatic carbocycles. The van der Waals surface area contributed by atoms with Gasteiger partial charge in [0.05, 0.1) is 0 Å². The van der Waals surface area contributed by atoms with Gasteiger partial charge in [0.2, 0.25) is 0 Å². The molecule has 0 aliphatic heterocycles. The van der Waals surface area contributed by atoms with Crippen LogP contribution in [0.1, 0.15) is 18.2 Å². The molecule has 1 aromatic heterocycles. The van der Waals surface area contributed by atoms with Crippen LogP contribution in [0.5, 0.6) is 0 Å². The SMILES string of the molecule is CCc1cc(C)cc[n+]1C.[I-]. The molecule has 0 amide bonds. The molecule has 0 aliphatic carbocycles. The highest BCUT2D eigenvalue weighted by Gasteiger charge is 2.01. The van der Waals surface area contributed by atoms with Gasteiger partial charge in [0.15, 0.2) is 11.9 Å². The predicted octanol–water partition coefficient (Wildman–Crippen LogP) is -1.61. The normalized spacial score (nSPS) is 9.00. The molecule has 0 radical (unpaired) electrons. The fourth-order valence-corrected chi connectivity index (χ4v) is 1.09. The molecule has 1 nitrogen and oxygen atoms in total. The maximum Gasteiger partial charge on any atom is 0.181 e. The highest BCUT2D eigenvalue weighted by molar-refractivity contribution is 5.09. The van der Waals surface area contributed by atoms with Gasteiger partial charge in [0.25, 0.3) is 0 Å². The highest BCUT2D eigenvalue weighted by Crippen LogP contribution is 1.97. The molecular weight excluding hydrogens is 249 g/mol. The summed E-state index contributed by atoms with van der Waals surface area (Å²) in [5.41, 5.74) is 2.73. The molecule has 0 aliphatic rings. The van der Waals surface area contributed by atoms with Crippen molar-refractivity contribution in [2.24, 2.45) is 7.05 Å². The second-order valence-corrected chi connectivity index (χ2v) is 2.66. The Labute approximate surface area is 85.5 Å². The zero-order valence-corrected chi connectivity index (χ0v) is 9.42. The first-order chi connectivity index (χ1) is 4.74. The van der Waals surface area contributed by atoms with Crippen LogP contribution in [0, 0.1) is 6.92 Å². The molecule has 0 saturated carbocycles. The van der Waals surface area contributed by atoms with Gasteiger partial charge in [-0.25, -0.2) is 4.57 Å². The van der Waals surface area contributed by atoms with Crippen molar-refractivity contribution in [2.45, 2.75) is 20.3 Å². The van der Waals surface area contributed by atoms with E-state index >= 15 is 0 Å². The Kier molecular flexibility index (Phi) is 4.65. The number of nitrogens with zero attached hydrogens (tertiary/aromatic N) is 1. The molecule has 2 heteroatoms. The van der Waals surface area contributed by atoms with Gasteiger partial charge < -0.3 is 24.0 Å². The van der Waals surface area contributed by atoms with E-state index in [9.17, 15) is 0 Å². The zero-order chi connectivity index (χ0) is 7.56. The number of halogens is 1. The fraction of sp³-hybridized carbons (Fsp3) is 0.444. The minimum absolute atomic E-state index is 0. The van der Waals surface area contributed by atoms with Crippen molar-refractivity contribution in [2.75, 3.05) is 0 Å². The summed E-state index contributed by atoms with van der Waals surface area (Å²) in [6.45, 7) is 4.30. The van der Waals surface area contributed by atoms with Crippen molar-refractivity contribution in [3.8, 4) is 0 Å². The number of rotatable bonds is 1. The van der Waals surface area contributed by atoms with Crippen molar-refractivity contribution in [1.29, 1.82) is 0 Å². The lowest BCUT2D eigenvalue weighted by molar-refractivity contribution is -0.679. The van der Waals surface area contributed by atoms with E-state index in [4.69, 9.17) is 0 Å². The van der Waals surface area contributed by atoms with Gasteiger partial charge in [0.1, 0.15) is 7.05 Å². The van der Waals surface area contributed by atoms with Crippen LogP contribution in [0.15, 0.2) is 18.3 Å². The summed E-state index contributed by atoms with van der Waals surface area (Å²) in [6, 6.07) is 4.35. The molecule has 0 unspecified atom stereocenters. The minimum Gasteiger partial charge on any atom is -1.00 e. The first kappa shape index (κ1) is 10.9. The van der Waals surface area contributed by atoms with Gasteiger partial charge in [0, 0.05) is 18.6 Å². The third-order valence-electron chi connectivity index (χ3n) is 1.77. The molecular formula is C9H14IN. The predicted molar refractivity (Wildman–Crippen MR) is 41.7 cm³/mol. The third kappa shape index (κ3) is 2.77. The standard InChI is InChI=1S/C9H14N.HI/c1-4-9-7-8(2)5-6-10(9)3;/h5-7H,4H2,1-3H3;1H/q+1;/p-1. The lowest BCUT2D eigenvalue weighted by Crippen LogP contribution is -3.00. The molecule has 0 fully saturated rings. The van der Waals surface area contributed by atoms with Crippen LogP contribution >= 0.6 is 0 Å². The van der Waals surface area contributed by atoms with Crippen LogP contribution in [0.4, 0.5) is 0 Å². The van der Waals surface area contributed by atoms with Crippen molar-refractivity contribution in [3.63, 3.8) is 0 Å². The molecule has 0 spiro atoms. The van der Waals surface area contributed by atoms with Gasteiger partial charge in [-0.15, -0.1) is 0 Å². The Balaban J connectivity index is 0.000001000. The highest BCUT2D eigenvalue weighted by atomic mass is 127. The van der Waals surface area contributed by atoms with Crippen molar-refractivity contribution >= 4 is 0 Å². The molecule has 0 N–H and O–H groups in total. The van der Waals surface area contributed by atoms with Crippen LogP contribution in [0.2, 0.25) is 0 Å². The Morgan fingerprint density at radius 1 is 1.45 bits per heavy atom. The first-order valence-electron chi connectivity index (χ1n) is 3.69. The molecule has 62 valence electrons. The third-order valence-corrected chi connectivity index (χ3v) is 1.77. The van der Waals surface area contributed by atoms with E-state index in [0.29, 0.717) is 0 Å². The maximum atomic E-state index is 2.22. The Morgan fingerprint density at radius 3 is 2.55 bits per heavy atom. The van der Waals surface area contributed by atoms with E-state index in [1.165, 1.54) is 11.3 Å². The Hall–Kier alpha value is -0.120. The number of pyridine rings is 1. The molecule has 0 atom stereocenters. The fourth-order valence-electron chi connectivity index (χ4n) is 1.09. The average molecular weight is 263 g/mol. The summed E-state index contributed by atoms with van der Waals surface area (Å²) in [4.78, 5) is 0. The number of hydrogen-bond donors (Lipinski definition) is 0. The van der Waals surface area contributed by atoms with Crippen LogP contribution in [-0.4, -0.2) is 0 Å². The lowest BCUT2D eigenvalue weighted by atomic mass is 10.2. The molecule has 0 saturated heterocycles. The van der Waals surface area contributed by atoms with Gasteiger partial charge in [-0.3, -0.25) is 0 Å². The van der Waals surface area contributed by atoms with Gasteiger partial charge in [-0.2, -0.15) is 0 Å². The summed E-state index contributed by atoms with van der Waals surface area (Å²) in [5.74, 6) is 0. The smallest absolute Gasteiger partial charge is 0.181 e. The number of aromatic nitrogens is 1. The van der Waals surface area contributed by atoms with E-state index in [1.807, 2.05) is 0 Å². The van der Waals surface area contributed by atoms with Crippen LogP contribution in [0.3, 0.4) is 0 Å². The Bertz CT molecular complexity index is 233. The van der Waals surface area contributed by atoms with E-state index < -0.39 is 0 Å². The molecule has 1 aromatic rings. The summed E-state index contributed by atoms with van der Waals surface area (Å²) in [6.07, 6.45) is 3.21. The molecule has 11 heavy (non-hydrogen) atoms. The zero-order valence-electron chi connectivity index (χ0n) is 7.26. The lowest BCUT2D eigenvalue weighted by Gasteiger charge is -1.95. The second-order valence-electron chi connectivity index (χ2n) is 2.66. The minimum atomic E-state index is 0. The van der Waals surface area contributed by atoms with Crippen LogP contribution in [-0.2, 0) is 13.5 Å². The van der Waals surface area contributed by atoms with Crippen molar-refractivity contribution in [1.82, 2.24) is 0 Å². The number of hydrogen-bond acceptors (Lipinski definition) is 0. The van der Waals surface area contributed by atoms with Gasteiger partial charge >= 0.3 is 0 Å². The van der Waals surface area contributed by atoms with Crippen molar-refractivity contribution < 1.29 is 28.5 Å². The van der Waals surface area contributed by atoms with E-state index in [1.54, 1.807) is 0 Å². The topological polar surface area (TPSA) is 3.88 Å². The molecule has 1 heterocycles. The summed E-state index contributed by atoms with van der Waals surface area (Å²) in [7, 11) is 2.08. The summed E-state index contributed by atoms with van der Waals surface area (Å²) < 4.78 is 2.16. The van der Waals surface area contributed by atoms with Gasteiger partial charge in [-0.1, -0.05) is 6.92 Å². The van der Waals surface area contributed by atoms with Crippen LogP contribution < -0.4 is 28.5 Å². The van der Waals surface area contributed by atoms with Crippen molar-refractivity contribution in [3.05, 3.63) is 29.6 Å². The Morgan fingerprint density at radius 2 is 2.09 bits per heavy atom. The summed E-state index contributed by atoms with van der Waals surface area (Å²) in [5, 5.41) is 0. The monoisotopic (exact) mass is 263 g/mol. The first-order valence-corrected chi connectivity index (χ1v) is 3.69. The molecule has 1 rings (SSSR count). The van der Waals surface area contributed by atoms with Gasteiger partial charge in [-0.05, 0) is 12.5 Å². The quantitative estimate of drug-likeness (QED) is 0.424.